The van der Waals surface area contributed by atoms with Crippen molar-refractivity contribution in [2.45, 2.75) is 64.8 Å². The molecule has 5 nitrogen and oxygen atoms in total. The van der Waals surface area contributed by atoms with Crippen molar-refractivity contribution in [1.29, 1.82) is 0 Å². The van der Waals surface area contributed by atoms with E-state index in [4.69, 9.17) is 0 Å². The summed E-state index contributed by atoms with van der Waals surface area (Å²) >= 11 is 0. The first kappa shape index (κ1) is 16.2. The molecule has 23 heavy (non-hydrogen) atoms. The maximum absolute atomic E-state index is 12.2. The molecule has 5 heteroatoms. The molecule has 1 aromatic heterocycles. The molecular weight excluding hydrogens is 288 g/mol. The first-order chi connectivity index (χ1) is 11.1. The Labute approximate surface area is 138 Å². The molecule has 1 N–H and O–H groups in total. The van der Waals surface area contributed by atoms with E-state index in [1.54, 1.807) is 0 Å². The van der Waals surface area contributed by atoms with Crippen LogP contribution in [-0.2, 0) is 4.79 Å². The number of amides is 1. The molecule has 1 saturated heterocycles. The van der Waals surface area contributed by atoms with Crippen LogP contribution < -0.4 is 10.2 Å². The van der Waals surface area contributed by atoms with E-state index in [2.05, 4.69) is 20.2 Å². The van der Waals surface area contributed by atoms with Crippen LogP contribution in [-0.4, -0.2) is 35.0 Å². The predicted molar refractivity (Wildman–Crippen MR) is 91.5 cm³/mol. The molecule has 0 radical (unpaired) electrons. The lowest BCUT2D eigenvalue weighted by molar-refractivity contribution is -0.122. The van der Waals surface area contributed by atoms with Crippen LogP contribution in [0.15, 0.2) is 6.07 Å². The number of nitrogens with zero attached hydrogens (tertiary/aromatic N) is 3. The zero-order valence-corrected chi connectivity index (χ0v) is 14.3. The second-order valence-corrected chi connectivity index (χ2v) is 7.13. The second kappa shape index (κ2) is 7.28. The highest BCUT2D eigenvalue weighted by Crippen LogP contribution is 2.24. The number of aryl methyl sites for hydroxylation is 2. The van der Waals surface area contributed by atoms with Crippen LogP contribution in [0.5, 0.6) is 0 Å². The molecule has 1 aliphatic heterocycles. The largest absolute Gasteiger partial charge is 0.353 e. The fraction of sp³-hybridized carbons (Fsp3) is 0.722. The van der Waals surface area contributed by atoms with Gasteiger partial charge in [0.15, 0.2) is 0 Å². The van der Waals surface area contributed by atoms with Crippen LogP contribution in [0.2, 0.25) is 0 Å². The van der Waals surface area contributed by atoms with E-state index in [0.717, 1.165) is 56.1 Å². The maximum atomic E-state index is 12.2. The minimum Gasteiger partial charge on any atom is -0.353 e. The number of hydrogen-bond acceptors (Lipinski definition) is 4. The van der Waals surface area contributed by atoms with E-state index in [0.29, 0.717) is 18.4 Å². The lowest BCUT2D eigenvalue weighted by Crippen LogP contribution is -2.38. The summed E-state index contributed by atoms with van der Waals surface area (Å²) in [5.74, 6) is 1.59. The first-order valence-electron chi connectivity index (χ1n) is 8.97. The van der Waals surface area contributed by atoms with Gasteiger partial charge in [0.25, 0.3) is 0 Å². The molecule has 1 saturated carbocycles. The van der Waals surface area contributed by atoms with Crippen molar-refractivity contribution in [2.24, 2.45) is 5.92 Å². The Morgan fingerprint density at radius 2 is 1.74 bits per heavy atom. The smallest absolute Gasteiger partial charge is 0.225 e. The summed E-state index contributed by atoms with van der Waals surface area (Å²) < 4.78 is 0. The van der Waals surface area contributed by atoms with E-state index < -0.39 is 0 Å². The number of rotatable bonds is 4. The minimum atomic E-state index is 0.248. The molecule has 126 valence electrons. The molecule has 3 rings (SSSR count). The van der Waals surface area contributed by atoms with E-state index in [9.17, 15) is 4.79 Å². The van der Waals surface area contributed by atoms with Crippen molar-refractivity contribution in [2.75, 3.05) is 18.0 Å². The monoisotopic (exact) mass is 316 g/mol. The summed E-state index contributed by atoms with van der Waals surface area (Å²) in [6, 6.07) is 2.44. The van der Waals surface area contributed by atoms with Gasteiger partial charge in [-0.1, -0.05) is 12.8 Å². The lowest BCUT2D eigenvalue weighted by atomic mass is 9.93. The average molecular weight is 316 g/mol. The number of piperidine rings is 1. The topological polar surface area (TPSA) is 58.1 Å². The van der Waals surface area contributed by atoms with Gasteiger partial charge in [0.05, 0.1) is 0 Å². The normalized spacial score (nSPS) is 20.0. The van der Waals surface area contributed by atoms with Crippen molar-refractivity contribution in [3.8, 4) is 0 Å². The Morgan fingerprint density at radius 1 is 1.13 bits per heavy atom. The maximum Gasteiger partial charge on any atom is 0.225 e. The van der Waals surface area contributed by atoms with Crippen molar-refractivity contribution >= 4 is 11.9 Å². The highest BCUT2D eigenvalue weighted by Gasteiger charge is 2.24. The first-order valence-corrected chi connectivity index (χ1v) is 8.97. The Morgan fingerprint density at radius 3 is 2.35 bits per heavy atom. The van der Waals surface area contributed by atoms with Crippen LogP contribution in [0.3, 0.4) is 0 Å². The van der Waals surface area contributed by atoms with E-state index in [1.807, 2.05) is 19.9 Å². The third kappa shape index (κ3) is 4.43. The molecule has 1 aliphatic carbocycles. The molecule has 0 atom stereocenters. The number of carbonyl (C=O) groups excluding carboxylic acids is 1. The van der Waals surface area contributed by atoms with Crippen LogP contribution >= 0.6 is 0 Å². The third-order valence-corrected chi connectivity index (χ3v) is 5.06. The summed E-state index contributed by atoms with van der Waals surface area (Å²) in [5.41, 5.74) is 2.04. The molecule has 0 unspecified atom stereocenters. The molecular formula is C18H28N4O. The van der Waals surface area contributed by atoms with E-state index >= 15 is 0 Å². The molecule has 0 aromatic carbocycles. The SMILES string of the molecule is Cc1cc(C)nc(N2CCC(CC(=O)NC3CCCC3)CC2)n1. The van der Waals surface area contributed by atoms with Crippen LogP contribution in [0, 0.1) is 19.8 Å². The minimum absolute atomic E-state index is 0.248. The highest BCUT2D eigenvalue weighted by atomic mass is 16.1. The quantitative estimate of drug-likeness (QED) is 0.928. The number of aromatic nitrogens is 2. The Hall–Kier alpha value is -1.65. The van der Waals surface area contributed by atoms with Gasteiger partial charge in [-0.05, 0) is 51.5 Å². The third-order valence-electron chi connectivity index (χ3n) is 5.06. The van der Waals surface area contributed by atoms with Crippen molar-refractivity contribution in [1.82, 2.24) is 15.3 Å². The predicted octanol–water partition coefficient (Wildman–Crippen LogP) is 2.76. The van der Waals surface area contributed by atoms with E-state index in [-0.39, 0.29) is 5.91 Å². The highest BCUT2D eigenvalue weighted by molar-refractivity contribution is 5.76. The molecule has 1 aromatic rings. The number of hydrogen-bond donors (Lipinski definition) is 1. The van der Waals surface area contributed by atoms with Gasteiger partial charge in [0, 0.05) is 36.9 Å². The van der Waals surface area contributed by atoms with Gasteiger partial charge < -0.3 is 10.2 Å². The fourth-order valence-corrected chi connectivity index (χ4v) is 3.80. The molecule has 2 aliphatic rings. The Balaban J connectivity index is 1.47. The summed E-state index contributed by atoms with van der Waals surface area (Å²) in [6.45, 7) is 5.92. The van der Waals surface area contributed by atoms with Gasteiger partial charge in [-0.15, -0.1) is 0 Å². The molecule has 0 spiro atoms. The zero-order valence-electron chi connectivity index (χ0n) is 14.3. The fourth-order valence-electron chi connectivity index (χ4n) is 3.80. The standard InChI is InChI=1S/C18H28N4O/c1-13-11-14(2)20-18(19-13)22-9-7-15(8-10-22)12-17(23)21-16-5-3-4-6-16/h11,15-16H,3-10,12H2,1-2H3,(H,21,23). The summed E-state index contributed by atoms with van der Waals surface area (Å²) in [6.07, 6.45) is 7.63. The van der Waals surface area contributed by atoms with Crippen LogP contribution in [0.4, 0.5) is 5.95 Å². The number of nitrogens with one attached hydrogen (secondary N) is 1. The average Bonchev–Trinajstić information content (AvgIpc) is 2.99. The van der Waals surface area contributed by atoms with Crippen molar-refractivity contribution in [3.05, 3.63) is 17.5 Å². The second-order valence-electron chi connectivity index (χ2n) is 7.13. The van der Waals surface area contributed by atoms with Gasteiger partial charge in [-0.3, -0.25) is 4.79 Å². The van der Waals surface area contributed by atoms with Gasteiger partial charge in [-0.2, -0.15) is 0 Å². The van der Waals surface area contributed by atoms with Crippen molar-refractivity contribution < 1.29 is 4.79 Å². The molecule has 0 bridgehead atoms. The summed E-state index contributed by atoms with van der Waals surface area (Å²) in [7, 11) is 0. The van der Waals surface area contributed by atoms with Gasteiger partial charge in [0.2, 0.25) is 11.9 Å². The number of carbonyl (C=O) groups is 1. The Kier molecular flexibility index (Phi) is 5.13. The van der Waals surface area contributed by atoms with Gasteiger partial charge >= 0.3 is 0 Å². The van der Waals surface area contributed by atoms with Crippen molar-refractivity contribution in [3.63, 3.8) is 0 Å². The Bertz CT molecular complexity index is 526. The van der Waals surface area contributed by atoms with Gasteiger partial charge in [0.1, 0.15) is 0 Å². The number of anilines is 1. The van der Waals surface area contributed by atoms with Crippen LogP contribution in [0.25, 0.3) is 0 Å². The molecule has 2 heterocycles. The zero-order chi connectivity index (χ0) is 16.2. The lowest BCUT2D eigenvalue weighted by Gasteiger charge is -2.32. The van der Waals surface area contributed by atoms with Crippen LogP contribution in [0.1, 0.15) is 56.3 Å². The van der Waals surface area contributed by atoms with E-state index in [1.165, 1.54) is 12.8 Å². The summed E-state index contributed by atoms with van der Waals surface area (Å²) in [4.78, 5) is 23.5. The summed E-state index contributed by atoms with van der Waals surface area (Å²) in [5, 5.41) is 3.21. The molecule has 2 fully saturated rings. The molecule has 1 amide bonds. The van der Waals surface area contributed by atoms with Gasteiger partial charge in [-0.25, -0.2) is 9.97 Å².